The van der Waals surface area contributed by atoms with Gasteiger partial charge in [0.2, 0.25) is 0 Å². The van der Waals surface area contributed by atoms with Crippen LogP contribution in [0.1, 0.15) is 111 Å². The van der Waals surface area contributed by atoms with Gasteiger partial charge in [-0.25, -0.2) is 4.39 Å². The molecule has 2 aliphatic rings. The fourth-order valence-corrected chi connectivity index (χ4v) is 6.96. The van der Waals surface area contributed by atoms with Gasteiger partial charge in [0.15, 0.2) is 6.10 Å². The second-order valence-electron chi connectivity index (χ2n) is 12.6. The summed E-state index contributed by atoms with van der Waals surface area (Å²) in [4.78, 5) is 26.2. The van der Waals surface area contributed by atoms with E-state index in [-0.39, 0.29) is 30.9 Å². The first-order valence-electron chi connectivity index (χ1n) is 16.6. The highest BCUT2D eigenvalue weighted by Gasteiger charge is 2.34. The van der Waals surface area contributed by atoms with Crippen LogP contribution < -0.4 is 10.1 Å². The smallest absolute Gasteiger partial charge is 0.308 e. The summed E-state index contributed by atoms with van der Waals surface area (Å²) in [6.45, 7) is 11.7. The molecule has 0 aromatic heterocycles. The third kappa shape index (κ3) is 10.00. The Bertz CT molecular complexity index is 1560. The molecule has 2 atom stereocenters. The first-order chi connectivity index (χ1) is 22.4. The van der Waals surface area contributed by atoms with Crippen LogP contribution in [-0.4, -0.2) is 45.9 Å². The van der Waals surface area contributed by atoms with Gasteiger partial charge in [-0.3, -0.25) is 13.8 Å². The van der Waals surface area contributed by atoms with Crippen molar-refractivity contribution in [2.24, 2.45) is 0 Å². The Balaban J connectivity index is 1.83. The van der Waals surface area contributed by atoms with Gasteiger partial charge in [0, 0.05) is 17.5 Å². The molecule has 0 unspecified atom stereocenters. The lowest BCUT2D eigenvalue weighted by atomic mass is 9.88. The van der Waals surface area contributed by atoms with Crippen molar-refractivity contribution in [3.05, 3.63) is 77.6 Å². The molecule has 47 heavy (non-hydrogen) atoms. The van der Waals surface area contributed by atoms with Gasteiger partial charge in [0.25, 0.3) is 16.0 Å². The first kappa shape index (κ1) is 36.3. The monoisotopic (exact) mass is 669 g/mol. The van der Waals surface area contributed by atoms with Crippen LogP contribution in [0.15, 0.2) is 49.6 Å². The maximum absolute atomic E-state index is 16.5. The lowest BCUT2D eigenvalue weighted by Gasteiger charge is -2.25. The largest absolute Gasteiger partial charge is 0.493 e. The zero-order chi connectivity index (χ0) is 34.1. The zero-order valence-corrected chi connectivity index (χ0v) is 28.6. The number of carbonyl (C=O) groups is 2. The predicted octanol–water partition coefficient (Wildman–Crippen LogP) is 7.71. The molecule has 256 valence electrons. The van der Waals surface area contributed by atoms with Crippen molar-refractivity contribution in [2.45, 2.75) is 102 Å². The molecule has 4 rings (SSSR count). The van der Waals surface area contributed by atoms with Crippen molar-refractivity contribution in [1.82, 2.24) is 5.32 Å². The summed E-state index contributed by atoms with van der Waals surface area (Å²) in [5, 5.41) is 2.70. The molecule has 1 N–H and O–H groups in total. The van der Waals surface area contributed by atoms with E-state index in [1.165, 1.54) is 24.5 Å². The van der Waals surface area contributed by atoms with Crippen molar-refractivity contribution in [2.75, 3.05) is 19.5 Å². The molecule has 0 saturated heterocycles. The number of ether oxygens (including phenoxy) is 2. The highest BCUT2D eigenvalue weighted by molar-refractivity contribution is 7.86. The first-order valence-corrected chi connectivity index (χ1v) is 18.4. The zero-order valence-electron chi connectivity index (χ0n) is 27.8. The minimum absolute atomic E-state index is 0.00440. The van der Waals surface area contributed by atoms with Crippen LogP contribution in [0.5, 0.6) is 5.75 Å². The minimum atomic E-state index is -4.01. The molecule has 0 spiro atoms. The molecule has 1 amide bonds. The van der Waals surface area contributed by atoms with Crippen molar-refractivity contribution < 1.29 is 36.1 Å². The molecule has 2 fully saturated rings. The number of amides is 1. The van der Waals surface area contributed by atoms with Gasteiger partial charge in [-0.2, -0.15) is 8.42 Å². The maximum atomic E-state index is 16.5. The number of allylic oxidation sites excluding steroid dienone is 1. The fourth-order valence-electron chi connectivity index (χ4n) is 6.37. The van der Waals surface area contributed by atoms with Crippen molar-refractivity contribution in [3.63, 3.8) is 0 Å². The number of unbranched alkanes of at least 4 members (excludes halogenated alkanes) is 1. The van der Waals surface area contributed by atoms with Gasteiger partial charge < -0.3 is 14.8 Å². The van der Waals surface area contributed by atoms with Crippen LogP contribution >= 0.6 is 0 Å². The average Bonchev–Trinajstić information content (AvgIpc) is 3.70. The number of hydrogen-bond acceptors (Lipinski definition) is 7. The van der Waals surface area contributed by atoms with E-state index >= 15 is 4.39 Å². The number of halogens is 1. The SMILES string of the molecule is C=CCCCOc1cc(C2CCCC2)cc(C)c1-c1cc(C2CC2)c(F)c([C@H](CC(=O)OCC)NC(=O)[C@@H](CC=C)OS(C)(=O)=O)c1. The van der Waals surface area contributed by atoms with Crippen LogP contribution in [0.2, 0.25) is 0 Å². The molecule has 0 bridgehead atoms. The third-order valence-corrected chi connectivity index (χ3v) is 9.31. The lowest BCUT2D eigenvalue weighted by Crippen LogP contribution is -2.40. The lowest BCUT2D eigenvalue weighted by molar-refractivity contribution is -0.144. The van der Waals surface area contributed by atoms with Crippen molar-refractivity contribution in [3.8, 4) is 16.9 Å². The average molecular weight is 670 g/mol. The number of nitrogens with one attached hydrogen (secondary N) is 1. The molecular weight excluding hydrogens is 621 g/mol. The van der Waals surface area contributed by atoms with E-state index in [9.17, 15) is 18.0 Å². The molecule has 0 radical (unpaired) electrons. The van der Waals surface area contributed by atoms with Gasteiger partial charge in [0.05, 0.1) is 31.9 Å². The summed E-state index contributed by atoms with van der Waals surface area (Å²) in [5.41, 5.74) is 4.40. The highest BCUT2D eigenvalue weighted by atomic mass is 32.2. The Morgan fingerprint density at radius 1 is 1.06 bits per heavy atom. The second-order valence-corrected chi connectivity index (χ2v) is 14.2. The molecule has 0 aliphatic heterocycles. The van der Waals surface area contributed by atoms with Crippen LogP contribution in [0.3, 0.4) is 0 Å². The van der Waals surface area contributed by atoms with Crippen LogP contribution in [0.4, 0.5) is 4.39 Å². The van der Waals surface area contributed by atoms with Crippen LogP contribution in [0.25, 0.3) is 11.1 Å². The molecule has 10 heteroatoms. The standard InChI is InChI=1S/C37H48FNO7S/c1-6-9-12-18-45-33-22-27(25-14-10-11-15-25)19-24(4)35(33)28-20-29(26-16-17-26)36(38)30(21-28)31(23-34(40)44-8-3)39-37(41)32(13-7-2)46-47(5,42)43/h6-7,19-22,25-26,31-32H,1-2,8-18,23H2,3-5H3,(H,39,41)/t31-,32+/m0/s1. The Hall–Kier alpha value is -3.50. The molecule has 2 aliphatic carbocycles. The minimum Gasteiger partial charge on any atom is -0.493 e. The Labute approximate surface area is 278 Å². The predicted molar refractivity (Wildman–Crippen MR) is 181 cm³/mol. The summed E-state index contributed by atoms with van der Waals surface area (Å²) in [6.07, 6.45) is 10.1. The van der Waals surface area contributed by atoms with Gasteiger partial charge in [-0.05, 0) is 105 Å². The molecule has 8 nitrogen and oxygen atoms in total. The van der Waals surface area contributed by atoms with E-state index in [0.29, 0.717) is 23.8 Å². The molecule has 0 heterocycles. The number of rotatable bonds is 18. The number of esters is 1. The van der Waals surface area contributed by atoms with Crippen LogP contribution in [0, 0.1) is 12.7 Å². The van der Waals surface area contributed by atoms with Gasteiger partial charge in [-0.1, -0.05) is 31.1 Å². The Kier molecular flexibility index (Phi) is 12.8. The van der Waals surface area contributed by atoms with E-state index in [4.69, 9.17) is 13.7 Å². The summed E-state index contributed by atoms with van der Waals surface area (Å²) in [5.74, 6) is -0.776. The van der Waals surface area contributed by atoms with Gasteiger partial charge in [-0.15, -0.1) is 13.2 Å². The van der Waals surface area contributed by atoms with E-state index in [1.807, 2.05) is 19.1 Å². The number of carbonyl (C=O) groups excluding carboxylic acids is 2. The Morgan fingerprint density at radius 2 is 1.79 bits per heavy atom. The normalized spacial score (nSPS) is 16.3. The third-order valence-electron chi connectivity index (χ3n) is 8.73. The summed E-state index contributed by atoms with van der Waals surface area (Å²) in [7, 11) is -4.01. The number of hydrogen-bond donors (Lipinski definition) is 1. The van der Waals surface area contributed by atoms with E-state index in [2.05, 4.69) is 30.6 Å². The fraction of sp³-hybridized carbons (Fsp3) is 0.514. The van der Waals surface area contributed by atoms with E-state index in [1.54, 1.807) is 13.0 Å². The Morgan fingerprint density at radius 3 is 2.40 bits per heavy atom. The second kappa shape index (κ2) is 16.6. The summed E-state index contributed by atoms with van der Waals surface area (Å²) >= 11 is 0. The maximum Gasteiger partial charge on any atom is 0.308 e. The van der Waals surface area contributed by atoms with Gasteiger partial charge in [0.1, 0.15) is 11.6 Å². The molecule has 2 aromatic rings. The van der Waals surface area contributed by atoms with E-state index in [0.717, 1.165) is 61.5 Å². The number of aryl methyl sites for hydroxylation is 1. The summed E-state index contributed by atoms with van der Waals surface area (Å²) in [6, 6.07) is 6.68. The van der Waals surface area contributed by atoms with Crippen molar-refractivity contribution in [1.29, 1.82) is 0 Å². The van der Waals surface area contributed by atoms with Crippen molar-refractivity contribution >= 4 is 22.0 Å². The topological polar surface area (TPSA) is 108 Å². The highest BCUT2D eigenvalue weighted by Crippen LogP contribution is 2.47. The number of benzene rings is 2. The molecule has 2 aromatic carbocycles. The van der Waals surface area contributed by atoms with E-state index < -0.39 is 40.0 Å². The van der Waals surface area contributed by atoms with Gasteiger partial charge >= 0.3 is 5.97 Å². The van der Waals surface area contributed by atoms with Crippen LogP contribution in [-0.2, 0) is 28.6 Å². The summed E-state index contributed by atoms with van der Waals surface area (Å²) < 4.78 is 57.0. The molecule has 2 saturated carbocycles. The molecular formula is C37H48FNO7S. The quantitative estimate of drug-likeness (QED) is 0.0750.